The molecule has 0 saturated carbocycles. The zero-order valence-corrected chi connectivity index (χ0v) is 30.3. The Morgan fingerprint density at radius 2 is 1.78 bits per heavy atom. The molecule has 15 heteroatoms. The van der Waals surface area contributed by atoms with Crippen LogP contribution in [0.3, 0.4) is 0 Å². The van der Waals surface area contributed by atoms with Crippen molar-refractivity contribution in [1.29, 1.82) is 0 Å². The van der Waals surface area contributed by atoms with Crippen LogP contribution in [-0.2, 0) is 25.5 Å². The van der Waals surface area contributed by atoms with E-state index < -0.39 is 6.04 Å². The topological polar surface area (TPSA) is 162 Å². The Kier molecular flexibility index (Phi) is 17.6. The number of hydrogen-bond donors (Lipinski definition) is 3. The maximum atomic E-state index is 13.9. The summed E-state index contributed by atoms with van der Waals surface area (Å²) in [6, 6.07) is 8.33. The molecule has 2 atom stereocenters. The average molecular weight is 727 g/mol. The second-order valence-electron chi connectivity index (χ2n) is 12.6. The number of rotatable bonds is 12. The highest BCUT2D eigenvalue weighted by Crippen LogP contribution is 2.33. The van der Waals surface area contributed by atoms with Crippen molar-refractivity contribution in [1.82, 2.24) is 25.0 Å². The van der Waals surface area contributed by atoms with Crippen molar-refractivity contribution in [2.75, 3.05) is 60.6 Å². The van der Waals surface area contributed by atoms with Gasteiger partial charge in [0.25, 0.3) is 12.9 Å². The molecule has 272 valence electrons. The fourth-order valence-electron chi connectivity index (χ4n) is 5.80. The van der Waals surface area contributed by atoms with E-state index in [1.165, 1.54) is 0 Å². The summed E-state index contributed by atoms with van der Waals surface area (Å²) >= 11 is 12.6. The van der Waals surface area contributed by atoms with Crippen LogP contribution in [0.2, 0.25) is 10.0 Å². The summed E-state index contributed by atoms with van der Waals surface area (Å²) in [7, 11) is 5.87. The van der Waals surface area contributed by atoms with Gasteiger partial charge in [0.1, 0.15) is 18.4 Å². The normalized spacial score (nSPS) is 16.4. The number of pyridine rings is 1. The summed E-state index contributed by atoms with van der Waals surface area (Å²) in [6.45, 7) is 7.21. The first-order valence-electron chi connectivity index (χ1n) is 16.0. The molecule has 2 saturated heterocycles. The van der Waals surface area contributed by atoms with Crippen LogP contribution in [0, 0.1) is 5.41 Å². The van der Waals surface area contributed by atoms with Crippen LogP contribution >= 0.6 is 23.2 Å². The van der Waals surface area contributed by atoms with Crippen LogP contribution < -0.4 is 10.1 Å². The standard InChI is InChI=1S/C32H45Cl2N5O4.2CH2O2/c1-6-25(37(3)4)18-43-28-8-7-13-35-29(28)22-11-14-39(15-12-22)30(40)27(16-23-9-10-24(33)17-26(23)34)36-31(41)38(5)19-32(2)20-42-21-32;2*2-1-3/h7-10,13,17,22,25,27H,6,11-12,14-16,18-21H2,1-5H3,(H,36,41);2*1H,(H,2,3)/t25-,27-;;/m1../s1. The van der Waals surface area contributed by atoms with Crippen molar-refractivity contribution in [3.05, 3.63) is 57.8 Å². The molecule has 0 bridgehead atoms. The highest BCUT2D eigenvalue weighted by Gasteiger charge is 2.37. The highest BCUT2D eigenvalue weighted by molar-refractivity contribution is 6.35. The van der Waals surface area contributed by atoms with Gasteiger partial charge in [-0.05, 0) is 63.2 Å². The summed E-state index contributed by atoms with van der Waals surface area (Å²) in [6.07, 6.45) is 4.56. The predicted molar refractivity (Wildman–Crippen MR) is 187 cm³/mol. The third kappa shape index (κ3) is 13.0. The molecule has 2 fully saturated rings. The molecule has 0 unspecified atom stereocenters. The Balaban J connectivity index is 0.00000129. The Morgan fingerprint density at radius 3 is 2.31 bits per heavy atom. The molecule has 2 aliphatic heterocycles. The Bertz CT molecular complexity index is 1350. The van der Waals surface area contributed by atoms with Gasteiger partial charge in [0.2, 0.25) is 5.91 Å². The van der Waals surface area contributed by atoms with Gasteiger partial charge in [-0.15, -0.1) is 0 Å². The Labute approximate surface area is 298 Å². The number of nitrogens with one attached hydrogen (secondary N) is 1. The van der Waals surface area contributed by atoms with Crippen molar-refractivity contribution < 1.29 is 38.9 Å². The summed E-state index contributed by atoms with van der Waals surface area (Å²) in [5, 5.41) is 17.8. The molecule has 49 heavy (non-hydrogen) atoms. The molecule has 3 amide bonds. The van der Waals surface area contributed by atoms with E-state index in [4.69, 9.17) is 52.5 Å². The molecule has 3 N–H and O–H groups in total. The van der Waals surface area contributed by atoms with E-state index in [0.29, 0.717) is 55.5 Å². The number of aromatic nitrogens is 1. The summed E-state index contributed by atoms with van der Waals surface area (Å²) in [5.41, 5.74) is 1.61. The molecule has 1 aromatic heterocycles. The fourth-order valence-corrected chi connectivity index (χ4v) is 6.28. The minimum absolute atomic E-state index is 0.0785. The number of carbonyl (C=O) groups is 4. The van der Waals surface area contributed by atoms with Gasteiger partial charge >= 0.3 is 6.03 Å². The first-order chi connectivity index (χ1) is 23.3. The van der Waals surface area contributed by atoms with Crippen molar-refractivity contribution in [3.8, 4) is 5.75 Å². The van der Waals surface area contributed by atoms with Gasteiger partial charge in [-0.2, -0.15) is 0 Å². The molecular formula is C34H49Cl2N5O8. The third-order valence-electron chi connectivity index (χ3n) is 8.53. The Morgan fingerprint density at radius 1 is 1.14 bits per heavy atom. The lowest BCUT2D eigenvalue weighted by molar-refractivity contribution is -0.134. The minimum Gasteiger partial charge on any atom is -0.490 e. The second-order valence-corrected chi connectivity index (χ2v) is 13.5. The summed E-state index contributed by atoms with van der Waals surface area (Å²) in [5.74, 6) is 0.859. The van der Waals surface area contributed by atoms with Gasteiger partial charge in [0.15, 0.2) is 0 Å². The van der Waals surface area contributed by atoms with E-state index in [0.717, 1.165) is 36.3 Å². The van der Waals surface area contributed by atoms with Crippen molar-refractivity contribution in [2.45, 2.75) is 57.5 Å². The van der Waals surface area contributed by atoms with Gasteiger partial charge in [-0.1, -0.05) is 43.1 Å². The van der Waals surface area contributed by atoms with Crippen molar-refractivity contribution in [3.63, 3.8) is 0 Å². The third-order valence-corrected chi connectivity index (χ3v) is 9.11. The number of likely N-dealkylation sites (tertiary alicyclic amines) is 1. The predicted octanol–water partition coefficient (Wildman–Crippen LogP) is 4.50. The first kappa shape index (κ1) is 41.5. The van der Waals surface area contributed by atoms with Gasteiger partial charge in [-0.3, -0.25) is 19.4 Å². The molecule has 0 aliphatic carbocycles. The van der Waals surface area contributed by atoms with Crippen molar-refractivity contribution >= 4 is 48.1 Å². The molecule has 1 aromatic carbocycles. The fraction of sp³-hybridized carbons (Fsp3) is 0.559. The molecule has 13 nitrogen and oxygen atoms in total. The number of carboxylic acid groups (broad SMARTS) is 2. The molecule has 0 spiro atoms. The van der Waals surface area contributed by atoms with Gasteiger partial charge in [-0.25, -0.2) is 4.79 Å². The molecule has 3 heterocycles. The lowest BCUT2D eigenvalue weighted by atomic mass is 9.88. The summed E-state index contributed by atoms with van der Waals surface area (Å²) in [4.78, 5) is 54.2. The molecular weight excluding hydrogens is 677 g/mol. The maximum Gasteiger partial charge on any atom is 0.317 e. The van der Waals surface area contributed by atoms with Crippen LogP contribution in [0.5, 0.6) is 5.75 Å². The van der Waals surface area contributed by atoms with Crippen molar-refractivity contribution in [2.24, 2.45) is 5.41 Å². The number of urea groups is 1. The quantitative estimate of drug-likeness (QED) is 0.266. The zero-order valence-electron chi connectivity index (χ0n) is 28.8. The number of ether oxygens (including phenoxy) is 2. The minimum atomic E-state index is -0.777. The monoisotopic (exact) mass is 725 g/mol. The lowest BCUT2D eigenvalue weighted by Gasteiger charge is -2.41. The SMILES string of the molecule is CC[C@H](COc1cccnc1C1CCN(C(=O)[C@@H](Cc2ccc(Cl)cc2Cl)NC(=O)N(C)CC2(C)COC2)CC1)N(C)C.O=CO.O=CO. The van der Waals surface area contributed by atoms with E-state index in [9.17, 15) is 9.59 Å². The van der Waals surface area contributed by atoms with Crippen LogP contribution in [0.25, 0.3) is 0 Å². The maximum absolute atomic E-state index is 13.9. The molecule has 0 radical (unpaired) electrons. The van der Waals surface area contributed by atoms with Crippen LogP contribution in [0.4, 0.5) is 4.79 Å². The van der Waals surface area contributed by atoms with Gasteiger partial charge in [0.05, 0.1) is 18.9 Å². The number of nitrogens with zero attached hydrogens (tertiary/aromatic N) is 4. The van der Waals surface area contributed by atoms with Gasteiger partial charge < -0.3 is 39.7 Å². The number of amides is 3. The number of piperidine rings is 1. The Hall–Kier alpha value is -3.65. The molecule has 2 aromatic rings. The number of hydrogen-bond acceptors (Lipinski definition) is 8. The zero-order chi connectivity index (χ0) is 36.6. The highest BCUT2D eigenvalue weighted by atomic mass is 35.5. The van der Waals surface area contributed by atoms with E-state index in [1.54, 1.807) is 30.3 Å². The number of carbonyl (C=O) groups excluding carboxylic acids is 2. The van der Waals surface area contributed by atoms with E-state index in [-0.39, 0.29) is 42.6 Å². The number of halogens is 2. The second kappa shape index (κ2) is 20.8. The van der Waals surface area contributed by atoms with E-state index in [2.05, 4.69) is 43.1 Å². The molecule has 2 aliphatic rings. The van der Waals surface area contributed by atoms with Crippen LogP contribution in [0.1, 0.15) is 50.3 Å². The number of likely N-dealkylation sites (N-methyl/N-ethyl adjacent to an activating group) is 1. The van der Waals surface area contributed by atoms with E-state index >= 15 is 0 Å². The van der Waals surface area contributed by atoms with Crippen LogP contribution in [-0.4, -0.2) is 127 Å². The average Bonchev–Trinajstić information content (AvgIpc) is 3.05. The largest absolute Gasteiger partial charge is 0.490 e. The lowest BCUT2D eigenvalue weighted by Crippen LogP contribution is -2.56. The van der Waals surface area contributed by atoms with Crippen LogP contribution in [0.15, 0.2) is 36.5 Å². The van der Waals surface area contributed by atoms with Gasteiger partial charge in [0, 0.05) is 66.7 Å². The first-order valence-corrected chi connectivity index (χ1v) is 16.8. The number of benzene rings is 1. The van der Waals surface area contributed by atoms with E-state index in [1.807, 2.05) is 23.1 Å². The summed E-state index contributed by atoms with van der Waals surface area (Å²) < 4.78 is 11.6. The smallest absolute Gasteiger partial charge is 0.317 e. The molecule has 4 rings (SSSR count).